The van der Waals surface area contributed by atoms with E-state index in [1.54, 1.807) is 6.07 Å². The van der Waals surface area contributed by atoms with E-state index in [4.69, 9.17) is 5.11 Å². The molecule has 1 N–H and O–H groups in total. The summed E-state index contributed by atoms with van der Waals surface area (Å²) >= 11 is 0. The van der Waals surface area contributed by atoms with Gasteiger partial charge in [0, 0.05) is 5.56 Å². The van der Waals surface area contributed by atoms with Crippen LogP contribution in [-0.2, 0) is 9.59 Å². The zero-order valence-corrected chi connectivity index (χ0v) is 7.81. The summed E-state index contributed by atoms with van der Waals surface area (Å²) in [5.74, 6) is -2.21. The number of carboxylic acid groups (broad SMARTS) is 1. The fourth-order valence-electron chi connectivity index (χ4n) is 1.00. The Morgan fingerprint density at radius 3 is 2.60 bits per heavy atom. The van der Waals surface area contributed by atoms with E-state index < -0.39 is 24.0 Å². The Morgan fingerprint density at radius 1 is 1.33 bits per heavy atom. The molecule has 0 saturated carbocycles. The lowest BCUT2D eigenvalue weighted by atomic mass is 10.1. The quantitative estimate of drug-likeness (QED) is 0.607. The maximum Gasteiger partial charge on any atom is 0.311 e. The van der Waals surface area contributed by atoms with Crippen LogP contribution in [0.5, 0.6) is 0 Å². The van der Waals surface area contributed by atoms with Crippen molar-refractivity contribution in [2.75, 3.05) is 0 Å². The second kappa shape index (κ2) is 5.05. The molecule has 0 bridgehead atoms. The number of rotatable bonds is 4. The molecule has 0 radical (unpaired) electrons. The zero-order valence-electron chi connectivity index (χ0n) is 7.81. The Balaban J connectivity index is 2.70. The number of carboxylic acids is 1. The number of ketones is 1. The Morgan fingerprint density at radius 2 is 2.00 bits per heavy atom. The van der Waals surface area contributed by atoms with Gasteiger partial charge in [-0.3, -0.25) is 9.59 Å². The van der Waals surface area contributed by atoms with Crippen LogP contribution in [0, 0.1) is 5.82 Å². The number of carbonyl (C=O) groups is 2. The van der Waals surface area contributed by atoms with Crippen molar-refractivity contribution in [2.45, 2.75) is 6.42 Å². The smallest absolute Gasteiger partial charge is 0.311 e. The van der Waals surface area contributed by atoms with Gasteiger partial charge in [0.05, 0.1) is 0 Å². The maximum absolute atomic E-state index is 13.0. The molecule has 0 atom stereocenters. The normalized spacial score (nSPS) is 10.5. The molecular formula is C11H9FO3. The second-order valence-corrected chi connectivity index (χ2v) is 2.89. The number of allylic oxidation sites excluding steroid dienone is 1. The van der Waals surface area contributed by atoms with Crippen LogP contribution in [0.3, 0.4) is 0 Å². The van der Waals surface area contributed by atoms with Crippen LogP contribution in [0.15, 0.2) is 30.3 Å². The monoisotopic (exact) mass is 208 g/mol. The first kappa shape index (κ1) is 11.1. The minimum atomic E-state index is -1.20. The molecule has 15 heavy (non-hydrogen) atoms. The topological polar surface area (TPSA) is 54.4 Å². The second-order valence-electron chi connectivity index (χ2n) is 2.89. The Kier molecular flexibility index (Phi) is 3.74. The van der Waals surface area contributed by atoms with E-state index in [9.17, 15) is 14.0 Å². The van der Waals surface area contributed by atoms with Crippen molar-refractivity contribution in [3.8, 4) is 0 Å². The van der Waals surface area contributed by atoms with E-state index in [2.05, 4.69) is 0 Å². The van der Waals surface area contributed by atoms with Gasteiger partial charge < -0.3 is 5.11 Å². The van der Waals surface area contributed by atoms with Crippen LogP contribution in [0.2, 0.25) is 0 Å². The van der Waals surface area contributed by atoms with E-state index in [1.165, 1.54) is 24.3 Å². The third-order valence-corrected chi connectivity index (χ3v) is 1.68. The average molecular weight is 208 g/mol. The van der Waals surface area contributed by atoms with Gasteiger partial charge in [-0.25, -0.2) is 4.39 Å². The average Bonchev–Trinajstić information content (AvgIpc) is 2.15. The van der Waals surface area contributed by atoms with Crippen molar-refractivity contribution >= 4 is 17.8 Å². The highest BCUT2D eigenvalue weighted by Gasteiger charge is 2.03. The van der Waals surface area contributed by atoms with Gasteiger partial charge in [-0.05, 0) is 18.2 Å². The van der Waals surface area contributed by atoms with Crippen LogP contribution >= 0.6 is 0 Å². The summed E-state index contributed by atoms with van der Waals surface area (Å²) in [6.45, 7) is 0. The standard InChI is InChI=1S/C11H9FO3/c12-10-4-2-1-3-8(10)5-6-9(13)7-11(14)15/h1-6H,7H2,(H,14,15). The van der Waals surface area contributed by atoms with Gasteiger partial charge in [0.25, 0.3) is 0 Å². The van der Waals surface area contributed by atoms with E-state index in [0.717, 1.165) is 6.08 Å². The molecule has 0 aliphatic rings. The van der Waals surface area contributed by atoms with E-state index in [0.29, 0.717) is 0 Å². The molecule has 1 aromatic carbocycles. The highest BCUT2D eigenvalue weighted by molar-refractivity contribution is 6.03. The molecule has 4 heteroatoms. The van der Waals surface area contributed by atoms with Gasteiger partial charge in [0.15, 0.2) is 5.78 Å². The number of aliphatic carboxylic acids is 1. The van der Waals surface area contributed by atoms with Gasteiger partial charge in [-0.15, -0.1) is 0 Å². The summed E-state index contributed by atoms with van der Waals surface area (Å²) in [7, 11) is 0. The van der Waals surface area contributed by atoms with Crippen molar-refractivity contribution in [1.29, 1.82) is 0 Å². The summed E-state index contributed by atoms with van der Waals surface area (Å²) in [5.41, 5.74) is 0.260. The number of hydrogen-bond acceptors (Lipinski definition) is 2. The molecule has 0 heterocycles. The van der Waals surface area contributed by atoms with E-state index in [-0.39, 0.29) is 5.56 Å². The minimum Gasteiger partial charge on any atom is -0.481 e. The summed E-state index contributed by atoms with van der Waals surface area (Å²) in [5, 5.41) is 8.31. The van der Waals surface area contributed by atoms with Crippen molar-refractivity contribution in [2.24, 2.45) is 0 Å². The fraction of sp³-hybridized carbons (Fsp3) is 0.0909. The third-order valence-electron chi connectivity index (χ3n) is 1.68. The third kappa shape index (κ3) is 3.72. The molecule has 0 amide bonds. The van der Waals surface area contributed by atoms with Crippen LogP contribution < -0.4 is 0 Å². The molecule has 0 fully saturated rings. The first-order valence-electron chi connectivity index (χ1n) is 4.27. The predicted octanol–water partition coefficient (Wildman–Crippen LogP) is 1.88. The predicted molar refractivity (Wildman–Crippen MR) is 52.7 cm³/mol. The lowest BCUT2D eigenvalue weighted by molar-refractivity contribution is -0.139. The molecular weight excluding hydrogens is 199 g/mol. The molecule has 0 aromatic heterocycles. The molecule has 0 spiro atoms. The molecule has 0 aliphatic heterocycles. The Labute approximate surface area is 85.8 Å². The zero-order chi connectivity index (χ0) is 11.3. The number of benzene rings is 1. The van der Waals surface area contributed by atoms with Gasteiger partial charge in [-0.1, -0.05) is 18.2 Å². The van der Waals surface area contributed by atoms with Crippen LogP contribution in [0.25, 0.3) is 6.08 Å². The van der Waals surface area contributed by atoms with Crippen LogP contribution in [0.1, 0.15) is 12.0 Å². The molecule has 78 valence electrons. The molecule has 1 rings (SSSR count). The SMILES string of the molecule is O=C(O)CC(=O)C=Cc1ccccc1F. The lowest BCUT2D eigenvalue weighted by Crippen LogP contribution is -2.03. The maximum atomic E-state index is 13.0. The highest BCUT2D eigenvalue weighted by atomic mass is 19.1. The van der Waals surface area contributed by atoms with Crippen molar-refractivity contribution in [3.05, 3.63) is 41.7 Å². The van der Waals surface area contributed by atoms with Crippen molar-refractivity contribution in [1.82, 2.24) is 0 Å². The van der Waals surface area contributed by atoms with Gasteiger partial charge in [-0.2, -0.15) is 0 Å². The van der Waals surface area contributed by atoms with Crippen LogP contribution in [0.4, 0.5) is 4.39 Å². The largest absolute Gasteiger partial charge is 0.481 e. The summed E-state index contributed by atoms with van der Waals surface area (Å²) < 4.78 is 13.0. The number of halogens is 1. The fourth-order valence-corrected chi connectivity index (χ4v) is 1.00. The van der Waals surface area contributed by atoms with Gasteiger partial charge in [0.2, 0.25) is 0 Å². The van der Waals surface area contributed by atoms with Gasteiger partial charge >= 0.3 is 5.97 Å². The van der Waals surface area contributed by atoms with E-state index in [1.807, 2.05) is 0 Å². The first-order valence-corrected chi connectivity index (χ1v) is 4.27. The summed E-state index contributed by atoms with van der Waals surface area (Å²) in [6.07, 6.45) is 1.75. The highest BCUT2D eigenvalue weighted by Crippen LogP contribution is 2.08. The van der Waals surface area contributed by atoms with Gasteiger partial charge in [0.1, 0.15) is 12.2 Å². The minimum absolute atomic E-state index is 0.260. The Bertz CT molecular complexity index is 410. The summed E-state index contributed by atoms with van der Waals surface area (Å²) in [6, 6.07) is 5.93. The summed E-state index contributed by atoms with van der Waals surface area (Å²) in [4.78, 5) is 21.1. The molecule has 0 saturated heterocycles. The number of carbonyl (C=O) groups excluding carboxylic acids is 1. The Hall–Kier alpha value is -1.97. The molecule has 3 nitrogen and oxygen atoms in total. The lowest BCUT2D eigenvalue weighted by Gasteiger charge is -1.94. The first-order chi connectivity index (χ1) is 7.09. The number of hydrogen-bond donors (Lipinski definition) is 1. The molecule has 0 aliphatic carbocycles. The van der Waals surface area contributed by atoms with Crippen molar-refractivity contribution in [3.63, 3.8) is 0 Å². The van der Waals surface area contributed by atoms with Crippen molar-refractivity contribution < 1.29 is 19.1 Å². The van der Waals surface area contributed by atoms with Crippen LogP contribution in [-0.4, -0.2) is 16.9 Å². The van der Waals surface area contributed by atoms with E-state index >= 15 is 0 Å². The molecule has 1 aromatic rings. The molecule has 0 unspecified atom stereocenters.